The second-order valence-corrected chi connectivity index (χ2v) is 8.91. The zero-order valence-corrected chi connectivity index (χ0v) is 18.4. The predicted octanol–water partition coefficient (Wildman–Crippen LogP) is 4.52. The molecule has 1 amide bonds. The van der Waals surface area contributed by atoms with Gasteiger partial charge in [0.25, 0.3) is 5.91 Å². The van der Waals surface area contributed by atoms with Gasteiger partial charge in [-0.1, -0.05) is 35.9 Å². The maximum atomic E-state index is 13.0. The molecule has 2 N–H and O–H groups in total. The molecule has 1 aliphatic heterocycles. The quantitative estimate of drug-likeness (QED) is 0.616. The van der Waals surface area contributed by atoms with E-state index >= 15 is 0 Å². The summed E-state index contributed by atoms with van der Waals surface area (Å²) >= 11 is 1.42. The van der Waals surface area contributed by atoms with E-state index in [0.29, 0.717) is 11.4 Å². The summed E-state index contributed by atoms with van der Waals surface area (Å²) in [4.78, 5) is 31.6. The van der Waals surface area contributed by atoms with Crippen molar-refractivity contribution in [1.82, 2.24) is 10.3 Å². The molecular weight excluding hydrogens is 410 g/mol. The molecule has 4 rings (SSSR count). The zero-order chi connectivity index (χ0) is 22.0. The van der Waals surface area contributed by atoms with Crippen LogP contribution < -0.4 is 10.2 Å². The Hall–Kier alpha value is -3.19. The third kappa shape index (κ3) is 4.77. The molecule has 2 heterocycles. The van der Waals surface area contributed by atoms with Crippen molar-refractivity contribution in [2.45, 2.75) is 32.7 Å². The first-order chi connectivity index (χ1) is 14.9. The van der Waals surface area contributed by atoms with Crippen LogP contribution in [0.3, 0.4) is 0 Å². The first kappa shape index (κ1) is 21.1. The molecule has 2 aromatic carbocycles. The minimum Gasteiger partial charge on any atom is -0.478 e. The molecule has 0 aliphatic carbocycles. The normalized spacial score (nSPS) is 16.2. The highest BCUT2D eigenvalue weighted by atomic mass is 32.1. The lowest BCUT2D eigenvalue weighted by Gasteiger charge is -2.34. The monoisotopic (exact) mass is 435 g/mol. The van der Waals surface area contributed by atoms with Crippen LogP contribution in [0.4, 0.5) is 5.69 Å². The van der Waals surface area contributed by atoms with E-state index in [2.05, 4.69) is 15.2 Å². The van der Waals surface area contributed by atoms with E-state index in [-0.39, 0.29) is 17.5 Å². The van der Waals surface area contributed by atoms with E-state index in [9.17, 15) is 14.7 Å². The molecule has 6 nitrogen and oxygen atoms in total. The fourth-order valence-electron chi connectivity index (χ4n) is 3.84. The van der Waals surface area contributed by atoms with Crippen molar-refractivity contribution in [3.8, 4) is 10.6 Å². The van der Waals surface area contributed by atoms with Crippen molar-refractivity contribution < 1.29 is 14.7 Å². The summed E-state index contributed by atoms with van der Waals surface area (Å²) in [5, 5.41) is 13.3. The van der Waals surface area contributed by atoms with Crippen LogP contribution in [-0.4, -0.2) is 41.1 Å². The third-order valence-electron chi connectivity index (χ3n) is 5.52. The Morgan fingerprint density at radius 2 is 1.94 bits per heavy atom. The fraction of sp³-hybridized carbons (Fsp3) is 0.292. The molecule has 0 unspecified atom stereocenters. The molecule has 0 bridgehead atoms. The van der Waals surface area contributed by atoms with Gasteiger partial charge in [-0.05, 0) is 44.9 Å². The Bertz CT molecular complexity index is 1110. The molecule has 160 valence electrons. The predicted molar refractivity (Wildman–Crippen MR) is 123 cm³/mol. The average molecular weight is 436 g/mol. The number of nitrogens with zero attached hydrogens (tertiary/aromatic N) is 2. The van der Waals surface area contributed by atoms with Gasteiger partial charge in [-0.2, -0.15) is 0 Å². The maximum Gasteiger partial charge on any atom is 0.335 e. The van der Waals surface area contributed by atoms with Gasteiger partial charge < -0.3 is 15.3 Å². The minimum absolute atomic E-state index is 0.000871. The van der Waals surface area contributed by atoms with E-state index in [1.54, 1.807) is 18.2 Å². The lowest BCUT2D eigenvalue weighted by molar-refractivity contribution is 0.0696. The number of nitrogens with one attached hydrogen (secondary N) is 1. The summed E-state index contributed by atoms with van der Waals surface area (Å²) in [7, 11) is 0. The Kier molecular flexibility index (Phi) is 6.04. The summed E-state index contributed by atoms with van der Waals surface area (Å²) in [6.45, 7) is 5.40. The number of aryl methyl sites for hydroxylation is 2. The summed E-state index contributed by atoms with van der Waals surface area (Å²) in [6, 6.07) is 15.1. The van der Waals surface area contributed by atoms with Crippen molar-refractivity contribution >= 4 is 28.9 Å². The Labute approximate surface area is 185 Å². The van der Waals surface area contributed by atoms with Crippen molar-refractivity contribution in [3.63, 3.8) is 0 Å². The van der Waals surface area contributed by atoms with Crippen molar-refractivity contribution in [2.75, 3.05) is 18.0 Å². The molecule has 1 atom stereocenters. The van der Waals surface area contributed by atoms with Crippen LogP contribution in [0.25, 0.3) is 10.6 Å². The molecule has 1 aromatic heterocycles. The summed E-state index contributed by atoms with van der Waals surface area (Å²) in [6.07, 6.45) is 1.82. The number of anilines is 1. The molecule has 31 heavy (non-hydrogen) atoms. The molecule has 7 heteroatoms. The number of carboxylic acid groups (broad SMARTS) is 1. The number of carboxylic acids is 1. The van der Waals surface area contributed by atoms with Crippen LogP contribution in [0.15, 0.2) is 48.5 Å². The second kappa shape index (κ2) is 8.89. The summed E-state index contributed by atoms with van der Waals surface area (Å²) in [5.74, 6) is -1.03. The van der Waals surface area contributed by atoms with Gasteiger partial charge in [0.15, 0.2) is 0 Å². The maximum absolute atomic E-state index is 13.0. The Balaban J connectivity index is 1.45. The van der Waals surface area contributed by atoms with E-state index in [1.165, 1.54) is 16.9 Å². The fourth-order valence-corrected chi connectivity index (χ4v) is 4.82. The number of thiazole rings is 1. The number of hydrogen-bond donors (Lipinski definition) is 2. The number of carbonyl (C=O) groups is 2. The lowest BCUT2D eigenvalue weighted by atomic mass is 10.0. The van der Waals surface area contributed by atoms with Gasteiger partial charge in [-0.15, -0.1) is 11.3 Å². The molecule has 3 aromatic rings. The molecule has 1 aliphatic rings. The Morgan fingerprint density at radius 1 is 1.16 bits per heavy atom. The van der Waals surface area contributed by atoms with Crippen LogP contribution in [-0.2, 0) is 0 Å². The number of aromatic carboxylic acids is 1. The smallest absolute Gasteiger partial charge is 0.335 e. The lowest BCUT2D eigenvalue weighted by Crippen LogP contribution is -2.47. The molecular formula is C24H25N3O3S. The highest BCUT2D eigenvalue weighted by Crippen LogP contribution is 2.28. The van der Waals surface area contributed by atoms with E-state index in [1.807, 2.05) is 44.2 Å². The number of benzene rings is 2. The highest BCUT2D eigenvalue weighted by molar-refractivity contribution is 7.17. The second-order valence-electron chi connectivity index (χ2n) is 7.91. The average Bonchev–Trinajstić information content (AvgIpc) is 3.16. The van der Waals surface area contributed by atoms with Gasteiger partial charge in [-0.25, -0.2) is 9.78 Å². The van der Waals surface area contributed by atoms with Gasteiger partial charge >= 0.3 is 5.97 Å². The SMILES string of the molecule is Cc1ccc(-c2nc(C)c(C(=O)N[C@H]3CCCN(c4cccc(C(=O)O)c4)C3)s2)cc1. The van der Waals surface area contributed by atoms with Gasteiger partial charge in [0, 0.05) is 30.4 Å². The van der Waals surface area contributed by atoms with Gasteiger partial charge in [0.05, 0.1) is 11.3 Å². The number of carbonyl (C=O) groups excluding carboxylic acids is 1. The molecule has 1 saturated heterocycles. The van der Waals surface area contributed by atoms with Crippen LogP contribution in [0, 0.1) is 13.8 Å². The first-order valence-corrected chi connectivity index (χ1v) is 11.2. The zero-order valence-electron chi connectivity index (χ0n) is 17.6. The summed E-state index contributed by atoms with van der Waals surface area (Å²) in [5.41, 5.74) is 4.08. The van der Waals surface area contributed by atoms with Crippen molar-refractivity contribution in [1.29, 1.82) is 0 Å². The number of rotatable bonds is 5. The summed E-state index contributed by atoms with van der Waals surface area (Å²) < 4.78 is 0. The molecule has 0 saturated carbocycles. The number of amides is 1. The molecule has 0 spiro atoms. The van der Waals surface area contributed by atoms with Crippen LogP contribution in [0.1, 0.15) is 44.1 Å². The first-order valence-electron chi connectivity index (χ1n) is 10.3. The number of piperidine rings is 1. The highest BCUT2D eigenvalue weighted by Gasteiger charge is 2.24. The van der Waals surface area contributed by atoms with Crippen LogP contribution in [0.2, 0.25) is 0 Å². The van der Waals surface area contributed by atoms with Crippen LogP contribution >= 0.6 is 11.3 Å². The third-order valence-corrected chi connectivity index (χ3v) is 6.72. The van der Waals surface area contributed by atoms with Gasteiger partial charge in [0.1, 0.15) is 9.88 Å². The number of hydrogen-bond acceptors (Lipinski definition) is 5. The van der Waals surface area contributed by atoms with E-state index in [0.717, 1.165) is 41.3 Å². The van der Waals surface area contributed by atoms with Crippen molar-refractivity contribution in [2.24, 2.45) is 0 Å². The Morgan fingerprint density at radius 3 is 2.68 bits per heavy atom. The van der Waals surface area contributed by atoms with Crippen LogP contribution in [0.5, 0.6) is 0 Å². The molecule has 1 fully saturated rings. The largest absolute Gasteiger partial charge is 0.478 e. The van der Waals surface area contributed by atoms with Crippen molar-refractivity contribution in [3.05, 3.63) is 70.2 Å². The van der Waals surface area contributed by atoms with E-state index < -0.39 is 5.97 Å². The van der Waals surface area contributed by atoms with Gasteiger partial charge in [0.2, 0.25) is 0 Å². The number of aromatic nitrogens is 1. The standard InChI is InChI=1S/C24H25N3O3S/c1-15-8-10-17(11-9-15)23-25-16(2)21(31-23)22(28)26-19-6-4-12-27(14-19)20-7-3-5-18(13-20)24(29)30/h3,5,7-11,13,19H,4,6,12,14H2,1-2H3,(H,26,28)(H,29,30)/t19-/m0/s1. The van der Waals surface area contributed by atoms with Gasteiger partial charge in [-0.3, -0.25) is 4.79 Å². The minimum atomic E-state index is -0.936. The van der Waals surface area contributed by atoms with E-state index in [4.69, 9.17) is 0 Å². The topological polar surface area (TPSA) is 82.5 Å². The molecule has 0 radical (unpaired) electrons.